The van der Waals surface area contributed by atoms with Gasteiger partial charge < -0.3 is 11.1 Å². The molecule has 0 spiro atoms. The van der Waals surface area contributed by atoms with Crippen molar-refractivity contribution in [1.82, 2.24) is 10.3 Å². The fourth-order valence-corrected chi connectivity index (χ4v) is 1.30. The number of rotatable bonds is 4. The number of carbonyl (C=O) groups excluding carboxylic acids is 1. The van der Waals surface area contributed by atoms with Gasteiger partial charge in [-0.1, -0.05) is 12.2 Å². The molecule has 4 heteroatoms. The predicted octanol–water partition coefficient (Wildman–Crippen LogP) is 1.51. The SMILES string of the molecule is CC(=O)NCCC=Cc1cnc(N)cc1C. The summed E-state index contributed by atoms with van der Waals surface area (Å²) in [6, 6.07) is 1.84. The van der Waals surface area contributed by atoms with Crippen LogP contribution < -0.4 is 11.1 Å². The van der Waals surface area contributed by atoms with Crippen molar-refractivity contribution in [3.63, 3.8) is 0 Å². The summed E-state index contributed by atoms with van der Waals surface area (Å²) in [5, 5.41) is 2.73. The van der Waals surface area contributed by atoms with Crippen molar-refractivity contribution in [3.8, 4) is 0 Å². The van der Waals surface area contributed by atoms with E-state index < -0.39 is 0 Å². The quantitative estimate of drug-likeness (QED) is 0.754. The van der Waals surface area contributed by atoms with Gasteiger partial charge in [0.25, 0.3) is 0 Å². The summed E-state index contributed by atoms with van der Waals surface area (Å²) < 4.78 is 0. The van der Waals surface area contributed by atoms with E-state index in [1.807, 2.05) is 25.1 Å². The lowest BCUT2D eigenvalue weighted by Crippen LogP contribution is -2.20. The van der Waals surface area contributed by atoms with Crippen molar-refractivity contribution in [1.29, 1.82) is 0 Å². The summed E-state index contributed by atoms with van der Waals surface area (Å²) in [5.41, 5.74) is 7.71. The maximum absolute atomic E-state index is 10.6. The molecule has 0 saturated heterocycles. The molecule has 0 aromatic carbocycles. The Kier molecular flexibility index (Phi) is 4.51. The van der Waals surface area contributed by atoms with Gasteiger partial charge >= 0.3 is 0 Å². The average molecular weight is 219 g/mol. The maximum atomic E-state index is 10.6. The third kappa shape index (κ3) is 4.13. The van der Waals surface area contributed by atoms with Crippen molar-refractivity contribution in [2.75, 3.05) is 12.3 Å². The first-order chi connectivity index (χ1) is 7.59. The number of nitrogens with one attached hydrogen (secondary N) is 1. The molecule has 4 nitrogen and oxygen atoms in total. The topological polar surface area (TPSA) is 68.0 Å². The average Bonchev–Trinajstić information content (AvgIpc) is 2.20. The minimum atomic E-state index is -0.00117. The minimum Gasteiger partial charge on any atom is -0.384 e. The summed E-state index contributed by atoms with van der Waals surface area (Å²) in [5.74, 6) is 0.534. The lowest BCUT2D eigenvalue weighted by molar-refractivity contribution is -0.118. The van der Waals surface area contributed by atoms with Crippen molar-refractivity contribution in [2.45, 2.75) is 20.3 Å². The number of pyridine rings is 1. The van der Waals surface area contributed by atoms with Crippen molar-refractivity contribution >= 4 is 17.8 Å². The molecule has 1 aromatic heterocycles. The molecule has 0 aliphatic heterocycles. The Morgan fingerprint density at radius 1 is 1.62 bits per heavy atom. The molecule has 0 saturated carbocycles. The fraction of sp³-hybridized carbons (Fsp3) is 0.333. The van der Waals surface area contributed by atoms with Crippen LogP contribution in [0.1, 0.15) is 24.5 Å². The van der Waals surface area contributed by atoms with Crippen LogP contribution in [-0.4, -0.2) is 17.4 Å². The molecule has 1 aromatic rings. The molecule has 1 rings (SSSR count). The van der Waals surface area contributed by atoms with Gasteiger partial charge in [0.05, 0.1) is 0 Å². The second-order valence-corrected chi connectivity index (χ2v) is 3.64. The van der Waals surface area contributed by atoms with Crippen LogP contribution in [0.15, 0.2) is 18.3 Å². The van der Waals surface area contributed by atoms with Crippen molar-refractivity contribution in [3.05, 3.63) is 29.5 Å². The van der Waals surface area contributed by atoms with Crippen LogP contribution in [0, 0.1) is 6.92 Å². The standard InChI is InChI=1S/C12H17N3O/c1-9-7-12(13)15-8-11(9)5-3-4-6-14-10(2)16/h3,5,7-8H,4,6H2,1-2H3,(H2,13,15)(H,14,16). The number of aryl methyl sites for hydroxylation is 1. The number of nitrogens with zero attached hydrogens (tertiary/aromatic N) is 1. The van der Waals surface area contributed by atoms with Crippen LogP contribution in [0.25, 0.3) is 6.08 Å². The van der Waals surface area contributed by atoms with E-state index in [1.165, 1.54) is 6.92 Å². The van der Waals surface area contributed by atoms with Gasteiger partial charge in [-0.2, -0.15) is 0 Å². The Balaban J connectivity index is 2.47. The first kappa shape index (κ1) is 12.2. The Morgan fingerprint density at radius 3 is 3.00 bits per heavy atom. The first-order valence-corrected chi connectivity index (χ1v) is 5.22. The molecule has 0 aliphatic carbocycles. The summed E-state index contributed by atoms with van der Waals surface area (Å²) in [6.45, 7) is 4.16. The molecule has 1 amide bonds. The van der Waals surface area contributed by atoms with E-state index in [0.717, 1.165) is 17.5 Å². The van der Waals surface area contributed by atoms with E-state index in [4.69, 9.17) is 5.73 Å². The predicted molar refractivity (Wildman–Crippen MR) is 65.7 cm³/mol. The van der Waals surface area contributed by atoms with Gasteiger partial charge in [0.2, 0.25) is 5.91 Å². The molecule has 3 N–H and O–H groups in total. The zero-order valence-electron chi connectivity index (χ0n) is 9.66. The zero-order chi connectivity index (χ0) is 12.0. The van der Waals surface area contributed by atoms with Gasteiger partial charge in [0, 0.05) is 19.7 Å². The van der Waals surface area contributed by atoms with E-state index in [9.17, 15) is 4.79 Å². The summed E-state index contributed by atoms with van der Waals surface area (Å²) in [4.78, 5) is 14.6. The minimum absolute atomic E-state index is 0.00117. The van der Waals surface area contributed by atoms with Crippen LogP contribution >= 0.6 is 0 Å². The number of hydrogen-bond acceptors (Lipinski definition) is 3. The number of nitrogens with two attached hydrogens (primary N) is 1. The number of amides is 1. The fourth-order valence-electron chi connectivity index (χ4n) is 1.30. The highest BCUT2D eigenvalue weighted by Gasteiger charge is 1.95. The lowest BCUT2D eigenvalue weighted by Gasteiger charge is -2.01. The smallest absolute Gasteiger partial charge is 0.216 e. The highest BCUT2D eigenvalue weighted by atomic mass is 16.1. The molecule has 0 radical (unpaired) electrons. The molecule has 0 aliphatic rings. The number of carbonyl (C=O) groups is 1. The molecule has 86 valence electrons. The van der Waals surface area contributed by atoms with E-state index in [-0.39, 0.29) is 5.91 Å². The molecule has 0 unspecified atom stereocenters. The Morgan fingerprint density at radius 2 is 2.38 bits per heavy atom. The number of anilines is 1. The van der Waals surface area contributed by atoms with E-state index >= 15 is 0 Å². The third-order valence-electron chi connectivity index (χ3n) is 2.15. The largest absolute Gasteiger partial charge is 0.384 e. The van der Waals surface area contributed by atoms with Crippen LogP contribution in [0.3, 0.4) is 0 Å². The third-order valence-corrected chi connectivity index (χ3v) is 2.15. The molecular formula is C12H17N3O. The highest BCUT2D eigenvalue weighted by molar-refractivity contribution is 5.72. The highest BCUT2D eigenvalue weighted by Crippen LogP contribution is 2.11. The van der Waals surface area contributed by atoms with E-state index in [2.05, 4.69) is 10.3 Å². The van der Waals surface area contributed by atoms with Crippen molar-refractivity contribution in [2.24, 2.45) is 0 Å². The van der Waals surface area contributed by atoms with Gasteiger partial charge in [-0.3, -0.25) is 4.79 Å². The molecule has 0 bridgehead atoms. The van der Waals surface area contributed by atoms with Gasteiger partial charge in [-0.15, -0.1) is 0 Å². The van der Waals surface area contributed by atoms with Gasteiger partial charge in [-0.25, -0.2) is 4.98 Å². The number of aromatic nitrogens is 1. The summed E-state index contributed by atoms with van der Waals surface area (Å²) in [7, 11) is 0. The lowest BCUT2D eigenvalue weighted by atomic mass is 10.1. The van der Waals surface area contributed by atoms with Gasteiger partial charge in [0.15, 0.2) is 0 Å². The van der Waals surface area contributed by atoms with Gasteiger partial charge in [-0.05, 0) is 30.5 Å². The van der Waals surface area contributed by atoms with Crippen LogP contribution in [0.2, 0.25) is 0 Å². The normalized spacial score (nSPS) is 10.6. The first-order valence-electron chi connectivity index (χ1n) is 5.22. The number of hydrogen-bond donors (Lipinski definition) is 2. The monoisotopic (exact) mass is 219 g/mol. The molecule has 1 heterocycles. The second-order valence-electron chi connectivity index (χ2n) is 3.64. The number of nitrogen functional groups attached to an aromatic ring is 1. The molecular weight excluding hydrogens is 202 g/mol. The van der Waals surface area contributed by atoms with Crippen LogP contribution in [-0.2, 0) is 4.79 Å². The van der Waals surface area contributed by atoms with Crippen LogP contribution in [0.4, 0.5) is 5.82 Å². The second kappa shape index (κ2) is 5.90. The zero-order valence-corrected chi connectivity index (χ0v) is 9.66. The van der Waals surface area contributed by atoms with Crippen molar-refractivity contribution < 1.29 is 4.79 Å². The van der Waals surface area contributed by atoms with E-state index in [0.29, 0.717) is 12.4 Å². The molecule has 0 fully saturated rings. The van der Waals surface area contributed by atoms with Gasteiger partial charge in [0.1, 0.15) is 5.82 Å². The maximum Gasteiger partial charge on any atom is 0.216 e. The Hall–Kier alpha value is -1.84. The molecule has 16 heavy (non-hydrogen) atoms. The van der Waals surface area contributed by atoms with Crippen LogP contribution in [0.5, 0.6) is 0 Å². The Labute approximate surface area is 95.6 Å². The summed E-state index contributed by atoms with van der Waals surface area (Å²) >= 11 is 0. The molecule has 0 atom stereocenters. The Bertz CT molecular complexity index is 399. The summed E-state index contributed by atoms with van der Waals surface area (Å²) in [6.07, 6.45) is 6.56. The van der Waals surface area contributed by atoms with E-state index in [1.54, 1.807) is 6.20 Å².